The molecule has 0 unspecified atom stereocenters. The van der Waals surface area contributed by atoms with Crippen molar-refractivity contribution >= 4 is 44.7 Å². The van der Waals surface area contributed by atoms with Gasteiger partial charge < -0.3 is 4.74 Å². The number of allylic oxidation sites excluding steroid dienone is 2. The summed E-state index contributed by atoms with van der Waals surface area (Å²) in [5.41, 5.74) is 4.27. The third-order valence-corrected chi connectivity index (χ3v) is 5.51. The highest BCUT2D eigenvalue weighted by atomic mass is 35.5. The van der Waals surface area contributed by atoms with Crippen molar-refractivity contribution in [3.8, 4) is 0 Å². The van der Waals surface area contributed by atoms with Crippen LogP contribution >= 0.6 is 22.9 Å². The number of hydrogen-bond donors (Lipinski definition) is 0. The number of benzene rings is 1. The normalized spacial score (nSPS) is 11.8. The molecule has 0 saturated carbocycles. The fraction of sp³-hybridized carbons (Fsp3) is 0.286. The minimum absolute atomic E-state index is 0.298. The number of fused-ring (bicyclic) bond motifs is 1. The Labute approximate surface area is 167 Å². The average Bonchev–Trinajstić information content (AvgIpc) is 3.09. The van der Waals surface area contributed by atoms with Crippen LogP contribution in [-0.4, -0.2) is 23.0 Å². The van der Waals surface area contributed by atoms with Gasteiger partial charge in [-0.25, -0.2) is 14.8 Å². The molecule has 2 aromatic heterocycles. The lowest BCUT2D eigenvalue weighted by Crippen LogP contribution is -2.06. The summed E-state index contributed by atoms with van der Waals surface area (Å²) in [5, 5.41) is 1.71. The molecule has 4 nitrogen and oxygen atoms in total. The summed E-state index contributed by atoms with van der Waals surface area (Å²) in [4.78, 5) is 21.0. The van der Waals surface area contributed by atoms with Crippen molar-refractivity contribution in [1.29, 1.82) is 0 Å². The van der Waals surface area contributed by atoms with E-state index in [4.69, 9.17) is 21.3 Å². The summed E-state index contributed by atoms with van der Waals surface area (Å²) in [5.74, 6) is -0.443. The predicted molar refractivity (Wildman–Crippen MR) is 112 cm³/mol. The molecule has 3 rings (SSSR count). The van der Waals surface area contributed by atoms with Crippen molar-refractivity contribution in [2.24, 2.45) is 0 Å². The van der Waals surface area contributed by atoms with E-state index in [2.05, 4.69) is 24.9 Å². The molecule has 0 N–H and O–H groups in total. The van der Waals surface area contributed by atoms with Crippen LogP contribution in [0.3, 0.4) is 0 Å². The fourth-order valence-electron chi connectivity index (χ4n) is 2.95. The first-order chi connectivity index (χ1) is 13.0. The molecule has 27 heavy (non-hydrogen) atoms. The van der Waals surface area contributed by atoms with E-state index in [1.54, 1.807) is 17.4 Å². The second-order valence-electron chi connectivity index (χ2n) is 6.10. The van der Waals surface area contributed by atoms with Crippen LogP contribution in [0.5, 0.6) is 0 Å². The Morgan fingerprint density at radius 2 is 2.07 bits per heavy atom. The van der Waals surface area contributed by atoms with Crippen LogP contribution in [0.1, 0.15) is 53.4 Å². The predicted octanol–water partition coefficient (Wildman–Crippen LogP) is 5.93. The van der Waals surface area contributed by atoms with Gasteiger partial charge in [0, 0.05) is 17.1 Å². The first-order valence-electron chi connectivity index (χ1n) is 8.88. The zero-order chi connectivity index (χ0) is 19.4. The molecule has 0 atom stereocenters. The molecule has 0 aliphatic carbocycles. The highest BCUT2D eigenvalue weighted by molar-refractivity contribution is 7.19. The maximum absolute atomic E-state index is 11.7. The van der Waals surface area contributed by atoms with Gasteiger partial charge in [-0.1, -0.05) is 37.6 Å². The van der Waals surface area contributed by atoms with E-state index in [0.717, 1.165) is 39.3 Å². The minimum Gasteiger partial charge on any atom is -0.464 e. The smallest absolute Gasteiger partial charge is 0.356 e. The third kappa shape index (κ3) is 4.37. The number of rotatable bonds is 6. The number of halogens is 1. The molecule has 2 heterocycles. The SMILES string of the molecule is CC/C=C(\CC)c1nc2c(Cc3cccc(C(=O)OC)n3)cc(Cl)cc2s1. The lowest BCUT2D eigenvalue weighted by molar-refractivity contribution is 0.0593. The van der Waals surface area contributed by atoms with Crippen LogP contribution in [0, 0.1) is 0 Å². The Morgan fingerprint density at radius 1 is 1.26 bits per heavy atom. The van der Waals surface area contributed by atoms with Gasteiger partial charge in [-0.15, -0.1) is 11.3 Å². The quantitative estimate of drug-likeness (QED) is 0.481. The van der Waals surface area contributed by atoms with Crippen LogP contribution in [0.2, 0.25) is 5.02 Å². The molecule has 6 heteroatoms. The molecule has 3 aromatic rings. The number of ether oxygens (including phenoxy) is 1. The third-order valence-electron chi connectivity index (χ3n) is 4.22. The Bertz CT molecular complexity index is 1010. The van der Waals surface area contributed by atoms with Gasteiger partial charge in [-0.2, -0.15) is 0 Å². The van der Waals surface area contributed by atoms with E-state index >= 15 is 0 Å². The number of methoxy groups -OCH3 is 1. The Balaban J connectivity index is 2.03. The molecule has 0 radical (unpaired) electrons. The molecule has 0 fully saturated rings. The number of carbonyl (C=O) groups is 1. The summed E-state index contributed by atoms with van der Waals surface area (Å²) in [6, 6.07) is 9.23. The van der Waals surface area contributed by atoms with E-state index in [9.17, 15) is 4.79 Å². The number of pyridine rings is 1. The van der Waals surface area contributed by atoms with Gasteiger partial charge in [0.2, 0.25) is 0 Å². The van der Waals surface area contributed by atoms with Gasteiger partial charge >= 0.3 is 5.97 Å². The van der Waals surface area contributed by atoms with Crippen molar-refractivity contribution in [3.05, 3.63) is 63.4 Å². The van der Waals surface area contributed by atoms with Gasteiger partial charge in [0.15, 0.2) is 0 Å². The van der Waals surface area contributed by atoms with Gasteiger partial charge in [0.1, 0.15) is 10.7 Å². The Kier molecular flexibility index (Phi) is 6.24. The Morgan fingerprint density at radius 3 is 2.78 bits per heavy atom. The van der Waals surface area contributed by atoms with Crippen LogP contribution in [-0.2, 0) is 11.2 Å². The van der Waals surface area contributed by atoms with E-state index in [-0.39, 0.29) is 0 Å². The number of aromatic nitrogens is 2. The zero-order valence-electron chi connectivity index (χ0n) is 15.6. The van der Waals surface area contributed by atoms with Gasteiger partial charge in [-0.3, -0.25) is 0 Å². The first kappa shape index (κ1) is 19.5. The van der Waals surface area contributed by atoms with E-state index in [0.29, 0.717) is 17.1 Å². The maximum Gasteiger partial charge on any atom is 0.356 e. The number of esters is 1. The minimum atomic E-state index is -0.443. The highest BCUT2D eigenvalue weighted by Crippen LogP contribution is 2.33. The Hall–Kier alpha value is -2.24. The fourth-order valence-corrected chi connectivity index (χ4v) is 4.42. The average molecular weight is 401 g/mol. The van der Waals surface area contributed by atoms with Crippen LogP contribution in [0.25, 0.3) is 15.8 Å². The molecule has 0 amide bonds. The van der Waals surface area contributed by atoms with E-state index < -0.39 is 5.97 Å². The van der Waals surface area contributed by atoms with Crippen molar-refractivity contribution in [2.75, 3.05) is 7.11 Å². The van der Waals surface area contributed by atoms with Crippen molar-refractivity contribution in [2.45, 2.75) is 33.1 Å². The van der Waals surface area contributed by atoms with Gasteiger partial charge in [0.05, 0.1) is 17.3 Å². The number of hydrogen-bond acceptors (Lipinski definition) is 5. The second kappa shape index (κ2) is 8.63. The number of carbonyl (C=O) groups excluding carboxylic acids is 1. The topological polar surface area (TPSA) is 52.1 Å². The summed E-state index contributed by atoms with van der Waals surface area (Å²) in [7, 11) is 1.35. The van der Waals surface area contributed by atoms with Crippen molar-refractivity contribution in [3.63, 3.8) is 0 Å². The molecule has 140 valence electrons. The lowest BCUT2D eigenvalue weighted by atomic mass is 10.1. The van der Waals surface area contributed by atoms with E-state index in [1.165, 1.54) is 12.7 Å². The van der Waals surface area contributed by atoms with Crippen molar-refractivity contribution in [1.82, 2.24) is 9.97 Å². The van der Waals surface area contributed by atoms with Gasteiger partial charge in [-0.05, 0) is 48.2 Å². The summed E-state index contributed by atoms with van der Waals surface area (Å²) < 4.78 is 5.82. The van der Waals surface area contributed by atoms with Crippen LogP contribution in [0.15, 0.2) is 36.4 Å². The molecular formula is C21H21ClN2O2S. The molecule has 1 aromatic carbocycles. The van der Waals surface area contributed by atoms with Crippen LogP contribution in [0.4, 0.5) is 0 Å². The number of nitrogens with zero attached hydrogens (tertiary/aromatic N) is 2. The first-order valence-corrected chi connectivity index (χ1v) is 10.1. The van der Waals surface area contributed by atoms with E-state index in [1.807, 2.05) is 24.3 Å². The molecule has 0 saturated heterocycles. The number of thiazole rings is 1. The second-order valence-corrected chi connectivity index (χ2v) is 7.57. The summed E-state index contributed by atoms with van der Waals surface area (Å²) in [6.07, 6.45) is 4.70. The lowest BCUT2D eigenvalue weighted by Gasteiger charge is -2.05. The molecule has 0 spiro atoms. The summed E-state index contributed by atoms with van der Waals surface area (Å²) >= 11 is 8.01. The van der Waals surface area contributed by atoms with Crippen molar-refractivity contribution < 1.29 is 9.53 Å². The molecule has 0 aliphatic heterocycles. The van der Waals surface area contributed by atoms with Gasteiger partial charge in [0.25, 0.3) is 0 Å². The largest absolute Gasteiger partial charge is 0.464 e. The maximum atomic E-state index is 11.7. The monoisotopic (exact) mass is 400 g/mol. The molecule has 0 bridgehead atoms. The molecule has 0 aliphatic rings. The standard InChI is InChI=1S/C21H21ClN2O2S/c1-4-7-13(5-2)20-24-19-14(10-15(22)12-18(19)27-20)11-16-8-6-9-17(23-16)21(25)26-3/h6-10,12H,4-5,11H2,1-3H3/b13-7+. The van der Waals surface area contributed by atoms with Crippen LogP contribution < -0.4 is 0 Å². The highest BCUT2D eigenvalue weighted by Gasteiger charge is 2.14. The summed E-state index contributed by atoms with van der Waals surface area (Å²) in [6.45, 7) is 4.27. The zero-order valence-corrected chi connectivity index (χ0v) is 17.2. The molecular weight excluding hydrogens is 380 g/mol.